The second kappa shape index (κ2) is 11.9. The normalized spacial score (nSPS) is 15.4. The van der Waals surface area contributed by atoms with Crippen LogP contribution in [-0.4, -0.2) is 35.9 Å². The Kier molecular flexibility index (Phi) is 8.35. The van der Waals surface area contributed by atoms with Gasteiger partial charge in [-0.15, -0.1) is 0 Å². The van der Waals surface area contributed by atoms with Crippen LogP contribution in [0.4, 0.5) is 10.1 Å². The smallest absolute Gasteiger partial charge is 0.251 e. The molecule has 0 radical (unpaired) electrons. The fourth-order valence-corrected chi connectivity index (χ4v) is 5.62. The Morgan fingerprint density at radius 3 is 2.44 bits per heavy atom. The number of nitrogens with one attached hydrogen (secondary N) is 3. The third-order valence-corrected chi connectivity index (χ3v) is 8.18. The minimum absolute atomic E-state index is 0.0690. The molecule has 2 aliphatic rings. The number of amides is 2. The second-order valence-electron chi connectivity index (χ2n) is 10.3. The van der Waals surface area contributed by atoms with Gasteiger partial charge >= 0.3 is 0 Å². The molecule has 1 saturated carbocycles. The third kappa shape index (κ3) is 6.03. The topological polar surface area (TPSA) is 70.2 Å². The van der Waals surface area contributed by atoms with Gasteiger partial charge in [-0.25, -0.2) is 4.39 Å². The van der Waals surface area contributed by atoms with Gasteiger partial charge in [-0.3, -0.25) is 9.59 Å². The molecule has 0 unspecified atom stereocenters. The van der Waals surface area contributed by atoms with E-state index in [4.69, 9.17) is 0 Å². The van der Waals surface area contributed by atoms with Gasteiger partial charge in [0.05, 0.1) is 5.57 Å². The number of hydrogen-bond donors (Lipinski definition) is 3. The van der Waals surface area contributed by atoms with Crippen molar-refractivity contribution >= 4 is 51.2 Å². The molecule has 0 bridgehead atoms. The second-order valence-corrected chi connectivity index (χ2v) is 11.4. The first-order valence-electron chi connectivity index (χ1n) is 13.5. The Morgan fingerprint density at radius 1 is 0.974 bits per heavy atom. The first-order valence-corrected chi connectivity index (χ1v) is 15.0. The van der Waals surface area contributed by atoms with Crippen molar-refractivity contribution in [1.29, 1.82) is 0 Å². The van der Waals surface area contributed by atoms with Gasteiger partial charge in [0.25, 0.3) is 11.8 Å². The molecule has 2 amide bonds. The van der Waals surface area contributed by atoms with Crippen LogP contribution in [-0.2, 0) is 11.2 Å². The summed E-state index contributed by atoms with van der Waals surface area (Å²) < 4.78 is 14.6. The highest BCUT2D eigenvalue weighted by Crippen LogP contribution is 2.42. The van der Waals surface area contributed by atoms with E-state index < -0.39 is 0 Å². The number of halogens is 2. The van der Waals surface area contributed by atoms with Crippen LogP contribution in [0.5, 0.6) is 0 Å². The molecule has 5 rings (SSSR count). The number of carbonyl (C=O) groups excluding carboxylic acids is 2. The van der Waals surface area contributed by atoms with E-state index in [-0.39, 0.29) is 23.7 Å². The minimum atomic E-state index is -0.305. The lowest BCUT2D eigenvalue weighted by atomic mass is 9.80. The molecular weight excluding hydrogens is 604 g/mol. The average Bonchev–Trinajstić information content (AvgIpc) is 3.81. The summed E-state index contributed by atoms with van der Waals surface area (Å²) in [5.41, 5.74) is 7.76. The molecule has 39 heavy (non-hydrogen) atoms. The van der Waals surface area contributed by atoms with Crippen LogP contribution in [0.25, 0.3) is 22.3 Å². The van der Waals surface area contributed by atoms with Crippen molar-refractivity contribution in [1.82, 2.24) is 10.6 Å². The summed E-state index contributed by atoms with van der Waals surface area (Å²) in [6, 6.07) is 18.4. The van der Waals surface area contributed by atoms with Crippen molar-refractivity contribution in [3.05, 3.63) is 88.7 Å². The van der Waals surface area contributed by atoms with E-state index in [1.165, 1.54) is 25.0 Å². The fourth-order valence-electron chi connectivity index (χ4n) is 5.35. The number of rotatable bonds is 9. The maximum atomic E-state index is 13.7. The first-order chi connectivity index (χ1) is 18.9. The summed E-state index contributed by atoms with van der Waals surface area (Å²) in [4.78, 5) is 26.3. The van der Waals surface area contributed by atoms with Crippen LogP contribution in [0.15, 0.2) is 60.7 Å². The van der Waals surface area contributed by atoms with Crippen molar-refractivity contribution in [3.63, 3.8) is 0 Å². The van der Waals surface area contributed by atoms with Crippen LogP contribution in [0.1, 0.15) is 53.2 Å². The van der Waals surface area contributed by atoms with Gasteiger partial charge in [0.2, 0.25) is 0 Å². The lowest BCUT2D eigenvalue weighted by Gasteiger charge is -2.26. The largest absolute Gasteiger partial charge is 0.384 e. The first kappa shape index (κ1) is 27.4. The van der Waals surface area contributed by atoms with Gasteiger partial charge in [-0.2, -0.15) is 0 Å². The molecule has 0 spiro atoms. The molecule has 3 N–H and O–H groups in total. The van der Waals surface area contributed by atoms with E-state index in [0.717, 1.165) is 56.5 Å². The molecule has 5 nitrogen and oxygen atoms in total. The maximum Gasteiger partial charge on any atom is 0.251 e. The molecule has 202 valence electrons. The summed E-state index contributed by atoms with van der Waals surface area (Å²) in [7, 11) is 1.63. The van der Waals surface area contributed by atoms with Gasteiger partial charge in [-0.1, -0.05) is 46.9 Å². The number of likely N-dealkylation sites (N-methyl/N-ethyl adjacent to an activating group) is 1. The van der Waals surface area contributed by atoms with Crippen LogP contribution < -0.4 is 16.0 Å². The van der Waals surface area contributed by atoms with Gasteiger partial charge < -0.3 is 16.0 Å². The predicted molar refractivity (Wildman–Crippen MR) is 165 cm³/mol. The molecule has 0 heterocycles. The number of aryl methyl sites for hydroxylation is 1. The maximum absolute atomic E-state index is 13.7. The SMILES string of the molecule is CNC(=O)C1=C(c2ccc(F)cc2)CCc2cc(NCCI)c(-c3cccc(C(=O)N[C@@H](C)C4CC4)c3)cc21. The Balaban J connectivity index is 1.61. The monoisotopic (exact) mass is 637 g/mol. The lowest BCUT2D eigenvalue weighted by Crippen LogP contribution is -2.33. The highest BCUT2D eigenvalue weighted by Gasteiger charge is 2.29. The summed E-state index contributed by atoms with van der Waals surface area (Å²) >= 11 is 2.34. The molecule has 0 saturated heterocycles. The van der Waals surface area contributed by atoms with Gasteiger partial charge in [0, 0.05) is 40.9 Å². The standard InChI is InChI=1S/C32H33FIN3O2/c1-19(20-6-7-20)37-31(38)24-5-3-4-22(16-24)27-18-28-23(17-29(27)36-15-14-34)10-13-26(30(28)32(39)35-2)21-8-11-25(33)12-9-21/h3-5,8-9,11-12,16-20,36H,6-7,10,13-15H2,1-2H3,(H,35,39)(H,37,38)/t19-/m0/s1. The van der Waals surface area contributed by atoms with E-state index in [0.29, 0.717) is 23.5 Å². The number of carbonyl (C=O) groups is 2. The van der Waals surface area contributed by atoms with Crippen molar-refractivity contribution in [2.75, 3.05) is 23.3 Å². The quantitative estimate of drug-likeness (QED) is 0.186. The van der Waals surface area contributed by atoms with Crippen LogP contribution in [0.2, 0.25) is 0 Å². The van der Waals surface area contributed by atoms with Crippen LogP contribution in [0, 0.1) is 11.7 Å². The zero-order valence-corrected chi connectivity index (χ0v) is 24.4. The molecule has 7 heteroatoms. The molecule has 1 fully saturated rings. The lowest BCUT2D eigenvalue weighted by molar-refractivity contribution is -0.115. The number of alkyl halides is 1. The fraction of sp³-hybridized carbons (Fsp3) is 0.312. The Hall–Kier alpha value is -3.20. The number of fused-ring (bicyclic) bond motifs is 1. The summed E-state index contributed by atoms with van der Waals surface area (Å²) in [5, 5.41) is 9.52. The van der Waals surface area contributed by atoms with Crippen molar-refractivity contribution in [2.45, 2.75) is 38.6 Å². The number of allylic oxidation sites excluding steroid dienone is 1. The van der Waals surface area contributed by atoms with Crippen molar-refractivity contribution in [2.24, 2.45) is 5.92 Å². The van der Waals surface area contributed by atoms with Crippen LogP contribution >= 0.6 is 22.6 Å². The minimum Gasteiger partial charge on any atom is -0.384 e. The number of benzene rings is 3. The van der Waals surface area contributed by atoms with Crippen LogP contribution in [0.3, 0.4) is 0 Å². The Bertz CT molecular complexity index is 1430. The average molecular weight is 638 g/mol. The summed E-state index contributed by atoms with van der Waals surface area (Å²) in [5.74, 6) is 0.0322. The van der Waals surface area contributed by atoms with Gasteiger partial charge in [0.15, 0.2) is 0 Å². The predicted octanol–water partition coefficient (Wildman–Crippen LogP) is 6.47. The summed E-state index contributed by atoms with van der Waals surface area (Å²) in [6.45, 7) is 2.87. The molecule has 2 aliphatic carbocycles. The zero-order chi connectivity index (χ0) is 27.5. The van der Waals surface area contributed by atoms with E-state index in [9.17, 15) is 14.0 Å². The molecule has 1 atom stereocenters. The van der Waals surface area contributed by atoms with E-state index in [1.807, 2.05) is 24.3 Å². The molecule has 3 aromatic carbocycles. The number of anilines is 1. The van der Waals surface area contributed by atoms with E-state index in [2.05, 4.69) is 57.6 Å². The van der Waals surface area contributed by atoms with Gasteiger partial charge in [0.1, 0.15) is 5.82 Å². The summed E-state index contributed by atoms with van der Waals surface area (Å²) in [6.07, 6.45) is 3.79. The Morgan fingerprint density at radius 2 is 1.74 bits per heavy atom. The molecular formula is C32H33FIN3O2. The third-order valence-electron chi connectivity index (χ3n) is 7.64. The molecule has 0 aromatic heterocycles. The van der Waals surface area contributed by atoms with E-state index in [1.54, 1.807) is 19.2 Å². The van der Waals surface area contributed by atoms with Crippen molar-refractivity contribution < 1.29 is 14.0 Å². The zero-order valence-electron chi connectivity index (χ0n) is 22.2. The molecule has 0 aliphatic heterocycles. The van der Waals surface area contributed by atoms with E-state index >= 15 is 0 Å². The Labute approximate surface area is 242 Å². The highest BCUT2D eigenvalue weighted by atomic mass is 127. The van der Waals surface area contributed by atoms with Gasteiger partial charge in [-0.05, 0) is 103 Å². The molecule has 3 aromatic rings. The highest BCUT2D eigenvalue weighted by molar-refractivity contribution is 14.1. The van der Waals surface area contributed by atoms with Crippen molar-refractivity contribution in [3.8, 4) is 11.1 Å². The number of hydrogen-bond acceptors (Lipinski definition) is 3.